The minimum atomic E-state index is -0.0575. The second kappa shape index (κ2) is 7.60. The van der Waals surface area contributed by atoms with Crippen LogP contribution in [0.3, 0.4) is 0 Å². The number of hydrogen-bond acceptors (Lipinski definition) is 9. The molecule has 0 aliphatic rings. The lowest BCUT2D eigenvalue weighted by atomic mass is 10.3. The number of thioether (sulfide) groups is 1. The molecule has 0 aliphatic heterocycles. The first kappa shape index (κ1) is 17.3. The molecule has 3 heterocycles. The van der Waals surface area contributed by atoms with Crippen molar-refractivity contribution in [3.05, 3.63) is 53.0 Å². The third kappa shape index (κ3) is 3.97. The van der Waals surface area contributed by atoms with Gasteiger partial charge in [0.05, 0.1) is 11.5 Å². The van der Waals surface area contributed by atoms with E-state index in [4.69, 9.17) is 8.94 Å². The first-order valence-electron chi connectivity index (χ1n) is 7.57. The second-order valence-corrected chi connectivity index (χ2v) is 8.68. The van der Waals surface area contributed by atoms with Gasteiger partial charge >= 0.3 is 0 Å². The molecule has 0 radical (unpaired) electrons. The molecule has 0 aliphatic carbocycles. The van der Waals surface area contributed by atoms with Crippen LogP contribution in [0.25, 0.3) is 11.6 Å². The van der Waals surface area contributed by atoms with E-state index in [0.717, 1.165) is 19.6 Å². The Kier molecular flexibility index (Phi) is 5.05. The van der Waals surface area contributed by atoms with Gasteiger partial charge in [0.1, 0.15) is 0 Å². The molecular formula is C16H12BrN5O2S2. The molecule has 1 atom stereocenters. The van der Waals surface area contributed by atoms with E-state index in [9.17, 15) is 0 Å². The van der Waals surface area contributed by atoms with Crippen LogP contribution in [0.2, 0.25) is 0 Å². The summed E-state index contributed by atoms with van der Waals surface area (Å²) in [5, 5.41) is 16.2. The molecule has 0 saturated carbocycles. The quantitative estimate of drug-likeness (QED) is 0.383. The lowest BCUT2D eigenvalue weighted by Gasteiger charge is -2.02. The molecule has 0 amide bonds. The molecule has 10 heteroatoms. The maximum Gasteiger partial charge on any atom is 0.240 e. The van der Waals surface area contributed by atoms with E-state index in [0.29, 0.717) is 17.5 Å². The third-order valence-corrected chi connectivity index (χ3v) is 5.79. The standard InChI is InChI=1S/C16H12BrN5O2S2/c1-9(14-19-13(22-24-14)12-6-3-7-23-12)25-16-21-20-15(26-16)18-11-5-2-4-10(17)8-11/h2-9H,1H3,(H,18,20). The van der Waals surface area contributed by atoms with Gasteiger partial charge in [-0.05, 0) is 37.3 Å². The summed E-state index contributed by atoms with van der Waals surface area (Å²) in [6.07, 6.45) is 1.57. The Morgan fingerprint density at radius 1 is 1.23 bits per heavy atom. The predicted molar refractivity (Wildman–Crippen MR) is 104 cm³/mol. The fraction of sp³-hybridized carbons (Fsp3) is 0.125. The number of rotatable bonds is 6. The Bertz CT molecular complexity index is 1000. The molecule has 4 rings (SSSR count). The second-order valence-electron chi connectivity index (χ2n) is 5.20. The van der Waals surface area contributed by atoms with Crippen LogP contribution < -0.4 is 5.32 Å². The van der Waals surface area contributed by atoms with E-state index < -0.39 is 0 Å². The highest BCUT2D eigenvalue weighted by atomic mass is 79.9. The normalized spacial score (nSPS) is 12.2. The van der Waals surface area contributed by atoms with Gasteiger partial charge in [-0.1, -0.05) is 50.3 Å². The summed E-state index contributed by atoms with van der Waals surface area (Å²) in [5.74, 6) is 1.53. The summed E-state index contributed by atoms with van der Waals surface area (Å²) in [4.78, 5) is 4.38. The van der Waals surface area contributed by atoms with Crippen molar-refractivity contribution in [1.82, 2.24) is 20.3 Å². The molecule has 26 heavy (non-hydrogen) atoms. The van der Waals surface area contributed by atoms with Crippen LogP contribution in [-0.4, -0.2) is 20.3 Å². The zero-order chi connectivity index (χ0) is 17.9. The Hall–Kier alpha value is -2.17. The lowest BCUT2D eigenvalue weighted by Crippen LogP contribution is -1.89. The van der Waals surface area contributed by atoms with Gasteiger partial charge in [0.2, 0.25) is 16.8 Å². The van der Waals surface area contributed by atoms with E-state index >= 15 is 0 Å². The van der Waals surface area contributed by atoms with Gasteiger partial charge in [-0.2, -0.15) is 4.98 Å². The number of hydrogen-bond donors (Lipinski definition) is 1. The summed E-state index contributed by atoms with van der Waals surface area (Å²) >= 11 is 6.43. The number of nitrogens with one attached hydrogen (secondary N) is 1. The SMILES string of the molecule is CC(Sc1nnc(Nc2cccc(Br)c2)s1)c1nc(-c2ccco2)no1. The van der Waals surface area contributed by atoms with E-state index in [-0.39, 0.29) is 5.25 Å². The van der Waals surface area contributed by atoms with E-state index in [1.165, 1.54) is 23.1 Å². The lowest BCUT2D eigenvalue weighted by molar-refractivity contribution is 0.379. The number of anilines is 2. The van der Waals surface area contributed by atoms with Crippen molar-refractivity contribution in [3.8, 4) is 11.6 Å². The van der Waals surface area contributed by atoms with Crippen LogP contribution in [-0.2, 0) is 0 Å². The maximum absolute atomic E-state index is 5.33. The first-order chi connectivity index (χ1) is 12.7. The first-order valence-corrected chi connectivity index (χ1v) is 10.1. The molecular weight excluding hydrogens is 438 g/mol. The Morgan fingerprint density at radius 2 is 2.15 bits per heavy atom. The van der Waals surface area contributed by atoms with Crippen LogP contribution >= 0.6 is 39.0 Å². The highest BCUT2D eigenvalue weighted by Crippen LogP contribution is 2.37. The van der Waals surface area contributed by atoms with Gasteiger partial charge in [0, 0.05) is 10.2 Å². The van der Waals surface area contributed by atoms with Crippen LogP contribution in [0, 0.1) is 0 Å². The average molecular weight is 450 g/mol. The minimum Gasteiger partial charge on any atom is -0.461 e. The molecule has 1 aromatic carbocycles. The van der Waals surface area contributed by atoms with Crippen LogP contribution in [0.15, 0.2) is 60.4 Å². The molecule has 4 aromatic rings. The fourth-order valence-corrected chi connectivity index (χ4v) is 4.45. The fourth-order valence-electron chi connectivity index (χ4n) is 2.11. The van der Waals surface area contributed by atoms with E-state index in [1.807, 2.05) is 31.2 Å². The van der Waals surface area contributed by atoms with Crippen molar-refractivity contribution in [3.63, 3.8) is 0 Å². The van der Waals surface area contributed by atoms with Crippen molar-refractivity contribution >= 4 is 49.8 Å². The van der Waals surface area contributed by atoms with E-state index in [2.05, 4.69) is 41.6 Å². The number of aromatic nitrogens is 4. The summed E-state index contributed by atoms with van der Waals surface area (Å²) in [5.41, 5.74) is 0.945. The Morgan fingerprint density at radius 3 is 2.96 bits per heavy atom. The molecule has 0 spiro atoms. The van der Waals surface area contributed by atoms with Crippen molar-refractivity contribution < 1.29 is 8.94 Å². The maximum atomic E-state index is 5.33. The van der Waals surface area contributed by atoms with Crippen molar-refractivity contribution in [2.45, 2.75) is 16.5 Å². The van der Waals surface area contributed by atoms with Gasteiger partial charge in [-0.25, -0.2) is 0 Å². The number of nitrogens with zero attached hydrogens (tertiary/aromatic N) is 4. The Balaban J connectivity index is 1.42. The van der Waals surface area contributed by atoms with Gasteiger partial charge in [0.25, 0.3) is 0 Å². The highest BCUT2D eigenvalue weighted by molar-refractivity contribution is 9.10. The van der Waals surface area contributed by atoms with Gasteiger partial charge in [-0.15, -0.1) is 10.2 Å². The zero-order valence-corrected chi connectivity index (χ0v) is 16.6. The predicted octanol–water partition coefficient (Wildman–Crippen LogP) is 5.54. The molecule has 1 unspecified atom stereocenters. The molecule has 3 aromatic heterocycles. The smallest absolute Gasteiger partial charge is 0.240 e. The van der Waals surface area contributed by atoms with Crippen LogP contribution in [0.1, 0.15) is 18.1 Å². The molecule has 7 nitrogen and oxygen atoms in total. The van der Waals surface area contributed by atoms with Crippen LogP contribution in [0.4, 0.5) is 10.8 Å². The minimum absolute atomic E-state index is 0.0575. The van der Waals surface area contributed by atoms with Crippen molar-refractivity contribution in [2.75, 3.05) is 5.32 Å². The summed E-state index contributed by atoms with van der Waals surface area (Å²) < 4.78 is 12.4. The molecule has 0 bridgehead atoms. The summed E-state index contributed by atoms with van der Waals surface area (Å²) in [6.45, 7) is 1.98. The molecule has 0 fully saturated rings. The number of halogens is 1. The third-order valence-electron chi connectivity index (χ3n) is 3.29. The number of furan rings is 1. The summed E-state index contributed by atoms with van der Waals surface area (Å²) in [6, 6.07) is 11.4. The molecule has 0 saturated heterocycles. The van der Waals surface area contributed by atoms with Crippen molar-refractivity contribution in [1.29, 1.82) is 0 Å². The van der Waals surface area contributed by atoms with Gasteiger partial charge in [-0.3, -0.25) is 0 Å². The van der Waals surface area contributed by atoms with Gasteiger partial charge < -0.3 is 14.3 Å². The highest BCUT2D eigenvalue weighted by Gasteiger charge is 2.19. The zero-order valence-electron chi connectivity index (χ0n) is 13.4. The number of benzene rings is 1. The topological polar surface area (TPSA) is 89.9 Å². The Labute approximate surface area is 165 Å². The molecule has 1 N–H and O–H groups in total. The summed E-state index contributed by atoms with van der Waals surface area (Å²) in [7, 11) is 0. The largest absolute Gasteiger partial charge is 0.461 e. The van der Waals surface area contributed by atoms with Gasteiger partial charge in [0.15, 0.2) is 10.1 Å². The van der Waals surface area contributed by atoms with E-state index in [1.54, 1.807) is 18.4 Å². The van der Waals surface area contributed by atoms with Crippen molar-refractivity contribution in [2.24, 2.45) is 0 Å². The van der Waals surface area contributed by atoms with Crippen LogP contribution in [0.5, 0.6) is 0 Å². The monoisotopic (exact) mass is 449 g/mol. The molecule has 132 valence electrons. The average Bonchev–Trinajstić information content (AvgIpc) is 3.36.